The zero-order chi connectivity index (χ0) is 20.8. The van der Waals surface area contributed by atoms with Gasteiger partial charge in [0.25, 0.3) is 0 Å². The van der Waals surface area contributed by atoms with E-state index < -0.39 is 5.97 Å². The Balaban J connectivity index is 1.38. The first kappa shape index (κ1) is 18.9. The zero-order valence-corrected chi connectivity index (χ0v) is 17.8. The Morgan fingerprint density at radius 3 is 2.97 bits per heavy atom. The fourth-order valence-electron chi connectivity index (χ4n) is 4.11. The Morgan fingerprint density at radius 1 is 1.27 bits per heavy atom. The number of hydrogen-bond acceptors (Lipinski definition) is 8. The molecule has 0 spiro atoms. The molecule has 30 heavy (non-hydrogen) atoms. The maximum atomic E-state index is 12.6. The highest BCUT2D eigenvalue weighted by atomic mass is 32.1. The summed E-state index contributed by atoms with van der Waals surface area (Å²) >= 11 is 1.69. The SMILES string of the molecule is Cc1nn(C)c2ncc(C(=O)OCc3nc(N)c4c5c(sc4n3)CCCCC5)cc12. The molecule has 5 rings (SSSR count). The van der Waals surface area contributed by atoms with Crippen LogP contribution in [0.25, 0.3) is 21.3 Å². The Bertz CT molecular complexity index is 1290. The molecule has 0 fully saturated rings. The van der Waals surface area contributed by atoms with Gasteiger partial charge < -0.3 is 10.5 Å². The monoisotopic (exact) mass is 422 g/mol. The van der Waals surface area contributed by atoms with Crippen molar-refractivity contribution in [3.05, 3.63) is 39.8 Å². The van der Waals surface area contributed by atoms with Crippen LogP contribution in [0.1, 0.15) is 51.6 Å². The van der Waals surface area contributed by atoms with Crippen LogP contribution >= 0.6 is 11.3 Å². The standard InChI is InChI=1S/C21H22N6O2S/c1-11-14-8-12(9-23-19(14)27(2)26-11)21(28)29-10-16-24-18(22)17-13-6-4-3-5-7-15(13)30-20(17)25-16/h8-9H,3-7,10H2,1-2H3,(H2,22,24,25). The molecule has 0 aromatic carbocycles. The topological polar surface area (TPSA) is 109 Å². The van der Waals surface area contributed by atoms with Gasteiger partial charge in [0.15, 0.2) is 18.1 Å². The fourth-order valence-corrected chi connectivity index (χ4v) is 5.39. The van der Waals surface area contributed by atoms with E-state index in [0.29, 0.717) is 17.2 Å². The minimum absolute atomic E-state index is 0.0361. The van der Waals surface area contributed by atoms with E-state index >= 15 is 0 Å². The highest BCUT2D eigenvalue weighted by molar-refractivity contribution is 7.19. The lowest BCUT2D eigenvalue weighted by atomic mass is 10.1. The maximum absolute atomic E-state index is 12.6. The molecule has 0 radical (unpaired) electrons. The van der Waals surface area contributed by atoms with Crippen molar-refractivity contribution < 1.29 is 9.53 Å². The second kappa shape index (κ2) is 7.32. The minimum atomic E-state index is -0.475. The molecule has 0 bridgehead atoms. The zero-order valence-electron chi connectivity index (χ0n) is 16.9. The molecule has 8 nitrogen and oxygen atoms in total. The molecule has 0 saturated heterocycles. The van der Waals surface area contributed by atoms with Crippen molar-refractivity contribution in [3.8, 4) is 0 Å². The fraction of sp³-hybridized carbons (Fsp3) is 0.381. The summed E-state index contributed by atoms with van der Waals surface area (Å²) in [6, 6.07) is 1.75. The van der Waals surface area contributed by atoms with Gasteiger partial charge in [0, 0.05) is 23.5 Å². The molecule has 1 aliphatic carbocycles. The third kappa shape index (κ3) is 3.19. The van der Waals surface area contributed by atoms with Crippen LogP contribution in [0.15, 0.2) is 12.3 Å². The Kier molecular flexibility index (Phi) is 4.62. The number of esters is 1. The molecule has 1 aliphatic rings. The largest absolute Gasteiger partial charge is 0.454 e. The van der Waals surface area contributed by atoms with E-state index in [4.69, 9.17) is 10.5 Å². The predicted octanol–water partition coefficient (Wildman–Crippen LogP) is 3.49. The molecule has 4 heterocycles. The van der Waals surface area contributed by atoms with E-state index in [-0.39, 0.29) is 6.61 Å². The van der Waals surface area contributed by atoms with Gasteiger partial charge in [-0.2, -0.15) is 5.10 Å². The predicted molar refractivity (Wildman–Crippen MR) is 115 cm³/mol. The first-order valence-corrected chi connectivity index (χ1v) is 10.9. The first-order chi connectivity index (χ1) is 14.5. The van der Waals surface area contributed by atoms with Gasteiger partial charge in [0.05, 0.1) is 16.6 Å². The third-order valence-electron chi connectivity index (χ3n) is 5.57. The van der Waals surface area contributed by atoms with Gasteiger partial charge in [-0.1, -0.05) is 6.42 Å². The van der Waals surface area contributed by atoms with Crippen LogP contribution in [0.2, 0.25) is 0 Å². The van der Waals surface area contributed by atoms with Gasteiger partial charge >= 0.3 is 5.97 Å². The quantitative estimate of drug-likeness (QED) is 0.397. The summed E-state index contributed by atoms with van der Waals surface area (Å²) in [5.41, 5.74) is 9.49. The number of aromatic nitrogens is 5. The van der Waals surface area contributed by atoms with Crippen LogP contribution in [0, 0.1) is 6.92 Å². The summed E-state index contributed by atoms with van der Waals surface area (Å²) in [6.45, 7) is 1.85. The molecule has 4 aromatic rings. The van der Waals surface area contributed by atoms with Crippen molar-refractivity contribution in [2.45, 2.75) is 45.6 Å². The lowest BCUT2D eigenvalue weighted by Gasteiger charge is -2.06. The van der Waals surface area contributed by atoms with E-state index in [2.05, 4.69) is 20.1 Å². The van der Waals surface area contributed by atoms with Gasteiger partial charge in [-0.15, -0.1) is 11.3 Å². The molecular weight excluding hydrogens is 400 g/mol. The third-order valence-corrected chi connectivity index (χ3v) is 6.76. The normalized spacial score (nSPS) is 14.1. The Morgan fingerprint density at radius 2 is 2.10 bits per heavy atom. The van der Waals surface area contributed by atoms with Gasteiger partial charge in [0.2, 0.25) is 0 Å². The summed E-state index contributed by atoms with van der Waals surface area (Å²) in [5, 5.41) is 6.13. The second-order valence-corrected chi connectivity index (χ2v) is 8.73. The number of nitrogens with zero attached hydrogens (tertiary/aromatic N) is 5. The van der Waals surface area contributed by atoms with Gasteiger partial charge in [-0.3, -0.25) is 4.68 Å². The van der Waals surface area contributed by atoms with E-state index in [1.54, 1.807) is 22.1 Å². The first-order valence-electron chi connectivity index (χ1n) is 10.0. The number of carbonyl (C=O) groups excluding carboxylic acids is 1. The highest BCUT2D eigenvalue weighted by Crippen LogP contribution is 2.37. The van der Waals surface area contributed by atoms with Crippen molar-refractivity contribution in [2.75, 3.05) is 5.73 Å². The number of anilines is 1. The summed E-state index contributed by atoms with van der Waals surface area (Å²) in [7, 11) is 1.82. The number of nitrogens with two attached hydrogens (primary N) is 1. The van der Waals surface area contributed by atoms with Crippen LogP contribution in [-0.4, -0.2) is 30.7 Å². The number of ether oxygens (including phenoxy) is 1. The van der Waals surface area contributed by atoms with Crippen LogP contribution in [-0.2, 0) is 31.2 Å². The number of carbonyl (C=O) groups is 1. The summed E-state index contributed by atoms with van der Waals surface area (Å²) in [4.78, 5) is 28.2. The smallest absolute Gasteiger partial charge is 0.340 e. The number of nitrogen functional groups attached to an aromatic ring is 1. The lowest BCUT2D eigenvalue weighted by molar-refractivity contribution is 0.0462. The van der Waals surface area contributed by atoms with Gasteiger partial charge in [0.1, 0.15) is 10.6 Å². The molecular formula is C21H22N6O2S. The molecule has 0 saturated carbocycles. The van der Waals surface area contributed by atoms with Gasteiger partial charge in [-0.25, -0.2) is 19.7 Å². The lowest BCUT2D eigenvalue weighted by Crippen LogP contribution is -2.09. The van der Waals surface area contributed by atoms with Crippen LogP contribution < -0.4 is 5.73 Å². The number of hydrogen-bond donors (Lipinski definition) is 1. The molecule has 154 valence electrons. The molecule has 0 amide bonds. The molecule has 9 heteroatoms. The molecule has 0 atom stereocenters. The van der Waals surface area contributed by atoms with Crippen molar-refractivity contribution in [1.82, 2.24) is 24.7 Å². The minimum Gasteiger partial charge on any atom is -0.454 e. The Hall–Kier alpha value is -3.07. The van der Waals surface area contributed by atoms with Gasteiger partial charge in [-0.05, 0) is 44.2 Å². The molecule has 4 aromatic heterocycles. The number of thiophene rings is 1. The molecule has 0 unspecified atom stereocenters. The van der Waals surface area contributed by atoms with E-state index in [1.165, 1.54) is 35.9 Å². The van der Waals surface area contributed by atoms with E-state index in [1.807, 2.05) is 14.0 Å². The van der Waals surface area contributed by atoms with Crippen molar-refractivity contribution in [2.24, 2.45) is 7.05 Å². The van der Waals surface area contributed by atoms with Crippen LogP contribution in [0.4, 0.5) is 5.82 Å². The van der Waals surface area contributed by atoms with Crippen LogP contribution in [0.3, 0.4) is 0 Å². The Labute approximate surface area is 177 Å². The summed E-state index contributed by atoms with van der Waals surface area (Å²) < 4.78 is 7.14. The average Bonchev–Trinajstić information content (AvgIpc) is 3.12. The summed E-state index contributed by atoms with van der Waals surface area (Å²) in [6.07, 6.45) is 7.22. The van der Waals surface area contributed by atoms with Crippen molar-refractivity contribution in [1.29, 1.82) is 0 Å². The number of fused-ring (bicyclic) bond motifs is 4. The number of rotatable bonds is 3. The number of pyridine rings is 1. The maximum Gasteiger partial charge on any atom is 0.340 e. The molecule has 2 N–H and O–H groups in total. The van der Waals surface area contributed by atoms with Crippen molar-refractivity contribution >= 4 is 44.4 Å². The highest BCUT2D eigenvalue weighted by Gasteiger charge is 2.20. The van der Waals surface area contributed by atoms with E-state index in [9.17, 15) is 4.79 Å². The van der Waals surface area contributed by atoms with Crippen LogP contribution in [0.5, 0.6) is 0 Å². The molecule has 0 aliphatic heterocycles. The van der Waals surface area contributed by atoms with Crippen molar-refractivity contribution in [3.63, 3.8) is 0 Å². The average molecular weight is 423 g/mol. The summed E-state index contributed by atoms with van der Waals surface area (Å²) in [5.74, 6) is 0.410. The van der Waals surface area contributed by atoms with E-state index in [0.717, 1.165) is 39.8 Å². The number of aryl methyl sites for hydroxylation is 4. The second-order valence-electron chi connectivity index (χ2n) is 7.65.